The van der Waals surface area contributed by atoms with Crippen molar-refractivity contribution in [3.8, 4) is 0 Å². The topological polar surface area (TPSA) is 0 Å². The zero-order valence-corrected chi connectivity index (χ0v) is 14.6. The predicted molar refractivity (Wildman–Crippen MR) is 92.5 cm³/mol. The first-order valence-corrected chi connectivity index (χ1v) is 7.92. The lowest BCUT2D eigenvalue weighted by molar-refractivity contribution is 0.0906. The first-order valence-electron chi connectivity index (χ1n) is 7.92. The number of benzene rings is 2. The molecule has 0 N–H and O–H groups in total. The van der Waals surface area contributed by atoms with E-state index in [1.807, 2.05) is 18.2 Å². The summed E-state index contributed by atoms with van der Waals surface area (Å²) in [4.78, 5) is 0. The van der Waals surface area contributed by atoms with Crippen LogP contribution in [0.15, 0.2) is 54.6 Å². The van der Waals surface area contributed by atoms with Gasteiger partial charge in [-0.1, -0.05) is 84.0 Å². The maximum Gasteiger partial charge on any atom is 0.123 e. The fourth-order valence-electron chi connectivity index (χ4n) is 4.41. The van der Waals surface area contributed by atoms with Gasteiger partial charge in [0, 0.05) is 5.41 Å². The van der Waals surface area contributed by atoms with Crippen molar-refractivity contribution in [1.82, 2.24) is 0 Å². The quantitative estimate of drug-likeness (QED) is 0.619. The summed E-state index contributed by atoms with van der Waals surface area (Å²) in [5.41, 5.74) is 2.19. The fraction of sp³-hybridized carbons (Fsp3) is 0.429. The lowest BCUT2D eigenvalue weighted by Gasteiger charge is -2.55. The average Bonchev–Trinajstić information content (AvgIpc) is 2.39. The highest BCUT2D eigenvalue weighted by Gasteiger charge is 2.52. The Morgan fingerprint density at radius 3 is 1.41 bits per heavy atom. The van der Waals surface area contributed by atoms with Gasteiger partial charge in [-0.2, -0.15) is 0 Å². The maximum atomic E-state index is 13.5. The highest BCUT2D eigenvalue weighted by Crippen LogP contribution is 2.57. The van der Waals surface area contributed by atoms with E-state index in [-0.39, 0.29) is 22.1 Å². The molecule has 0 saturated carbocycles. The molecule has 0 amide bonds. The first-order chi connectivity index (χ1) is 10.1. The second-order valence-electron chi connectivity index (χ2n) is 8.12. The van der Waals surface area contributed by atoms with Gasteiger partial charge in [-0.15, -0.1) is 0 Å². The van der Waals surface area contributed by atoms with Gasteiger partial charge in [0.2, 0.25) is 0 Å². The van der Waals surface area contributed by atoms with Gasteiger partial charge < -0.3 is 0 Å². The summed E-state index contributed by atoms with van der Waals surface area (Å²) in [6, 6.07) is 17.6. The minimum Gasteiger partial charge on any atom is -0.207 e. The molecule has 0 unspecified atom stereocenters. The zero-order chi connectivity index (χ0) is 16.6. The number of hydrogen-bond acceptors (Lipinski definition) is 0. The molecule has 0 fully saturated rings. The van der Waals surface area contributed by atoms with Crippen LogP contribution in [-0.4, -0.2) is 0 Å². The van der Waals surface area contributed by atoms with Crippen LogP contribution in [0.25, 0.3) is 0 Å². The summed E-state index contributed by atoms with van der Waals surface area (Å²) in [6.07, 6.45) is 0. The zero-order valence-electron chi connectivity index (χ0n) is 14.6. The summed E-state index contributed by atoms with van der Waals surface area (Å²) >= 11 is 0. The fourth-order valence-corrected chi connectivity index (χ4v) is 4.41. The summed E-state index contributed by atoms with van der Waals surface area (Å²) < 4.78 is 13.5. The minimum atomic E-state index is -0.213. The van der Waals surface area contributed by atoms with Crippen molar-refractivity contribution in [3.63, 3.8) is 0 Å². The molecule has 2 aromatic rings. The van der Waals surface area contributed by atoms with Gasteiger partial charge in [0.05, 0.1) is 0 Å². The molecule has 0 spiro atoms. The van der Waals surface area contributed by atoms with Crippen molar-refractivity contribution >= 4 is 0 Å². The highest BCUT2D eigenvalue weighted by atomic mass is 19.1. The molecule has 22 heavy (non-hydrogen) atoms. The van der Waals surface area contributed by atoms with Gasteiger partial charge in [0.25, 0.3) is 0 Å². The molecule has 0 radical (unpaired) electrons. The molecule has 2 rings (SSSR count). The third-order valence-electron chi connectivity index (χ3n) is 4.73. The Bertz CT molecular complexity index is 596. The van der Waals surface area contributed by atoms with E-state index in [1.165, 1.54) is 11.1 Å². The Kier molecular flexibility index (Phi) is 4.21. The van der Waals surface area contributed by atoms with Crippen molar-refractivity contribution in [1.29, 1.82) is 0 Å². The van der Waals surface area contributed by atoms with Crippen LogP contribution in [0.2, 0.25) is 0 Å². The van der Waals surface area contributed by atoms with E-state index < -0.39 is 0 Å². The summed E-state index contributed by atoms with van der Waals surface area (Å²) in [5.74, 6) is -0.187. The Morgan fingerprint density at radius 2 is 1.00 bits per heavy atom. The third kappa shape index (κ3) is 2.58. The Hall–Kier alpha value is -1.63. The lowest BCUT2D eigenvalue weighted by Crippen LogP contribution is -2.51. The average molecular weight is 298 g/mol. The van der Waals surface area contributed by atoms with Crippen LogP contribution in [0.5, 0.6) is 0 Å². The van der Waals surface area contributed by atoms with Gasteiger partial charge in [0.1, 0.15) is 5.82 Å². The minimum absolute atomic E-state index is 0.0234. The molecule has 0 atom stereocenters. The van der Waals surface area contributed by atoms with Crippen LogP contribution >= 0.6 is 0 Å². The number of halogens is 1. The van der Waals surface area contributed by atoms with Crippen LogP contribution in [0.3, 0.4) is 0 Å². The van der Waals surface area contributed by atoms with Crippen molar-refractivity contribution in [2.75, 3.05) is 0 Å². The van der Waals surface area contributed by atoms with Gasteiger partial charge in [-0.3, -0.25) is 0 Å². The summed E-state index contributed by atoms with van der Waals surface area (Å²) in [5, 5.41) is 0. The predicted octanol–water partition coefficient (Wildman–Crippen LogP) is 6.20. The van der Waals surface area contributed by atoms with Crippen molar-refractivity contribution in [2.45, 2.75) is 47.0 Å². The molecule has 0 bridgehead atoms. The van der Waals surface area contributed by atoms with Crippen molar-refractivity contribution in [2.24, 2.45) is 10.8 Å². The molecule has 2 aromatic carbocycles. The van der Waals surface area contributed by atoms with E-state index in [0.29, 0.717) is 0 Å². The summed E-state index contributed by atoms with van der Waals surface area (Å²) in [6.45, 7) is 13.6. The summed E-state index contributed by atoms with van der Waals surface area (Å²) in [7, 11) is 0. The van der Waals surface area contributed by atoms with E-state index in [2.05, 4.69) is 65.8 Å². The number of rotatable bonds is 2. The molecule has 0 aliphatic heterocycles. The monoisotopic (exact) mass is 298 g/mol. The van der Waals surface area contributed by atoms with Crippen LogP contribution in [0.4, 0.5) is 4.39 Å². The largest absolute Gasteiger partial charge is 0.207 e. The maximum absolute atomic E-state index is 13.5. The molecule has 118 valence electrons. The third-order valence-corrected chi connectivity index (χ3v) is 4.73. The first kappa shape index (κ1) is 16.7. The molecule has 0 nitrogen and oxygen atoms in total. The molecule has 0 aliphatic rings. The van der Waals surface area contributed by atoms with E-state index in [9.17, 15) is 4.39 Å². The van der Waals surface area contributed by atoms with Crippen LogP contribution < -0.4 is 0 Å². The van der Waals surface area contributed by atoms with E-state index in [0.717, 1.165) is 0 Å². The van der Waals surface area contributed by atoms with E-state index in [1.54, 1.807) is 12.1 Å². The Balaban J connectivity index is 2.86. The normalized spacial score (nSPS) is 13.2. The molecule has 0 saturated heterocycles. The molecular weight excluding hydrogens is 271 g/mol. The number of hydrogen-bond donors (Lipinski definition) is 0. The highest BCUT2D eigenvalue weighted by molar-refractivity contribution is 5.44. The van der Waals surface area contributed by atoms with Crippen molar-refractivity contribution in [3.05, 3.63) is 71.5 Å². The van der Waals surface area contributed by atoms with Crippen LogP contribution in [0, 0.1) is 16.6 Å². The van der Waals surface area contributed by atoms with Gasteiger partial charge >= 0.3 is 0 Å². The standard InChI is InChI=1S/C21H27F/c1-19(2,3)21(20(4,5)6,16-10-8-7-9-11-16)17-12-14-18(22)15-13-17/h7-15H,1-6H3. The molecule has 0 heterocycles. The second kappa shape index (κ2) is 5.53. The van der Waals surface area contributed by atoms with Gasteiger partial charge in [0.15, 0.2) is 0 Å². The van der Waals surface area contributed by atoms with Gasteiger partial charge in [-0.05, 0) is 34.1 Å². The molecule has 0 aliphatic carbocycles. The Morgan fingerprint density at radius 1 is 0.591 bits per heavy atom. The lowest BCUT2D eigenvalue weighted by atomic mass is 9.48. The van der Waals surface area contributed by atoms with E-state index in [4.69, 9.17) is 0 Å². The second-order valence-corrected chi connectivity index (χ2v) is 8.12. The smallest absolute Gasteiger partial charge is 0.123 e. The van der Waals surface area contributed by atoms with Gasteiger partial charge in [-0.25, -0.2) is 4.39 Å². The SMILES string of the molecule is CC(C)(C)C(c1ccccc1)(c1ccc(F)cc1)C(C)(C)C. The molecule has 1 heteroatoms. The van der Waals surface area contributed by atoms with E-state index >= 15 is 0 Å². The Labute approximate surface area is 134 Å². The van der Waals surface area contributed by atoms with Crippen molar-refractivity contribution < 1.29 is 4.39 Å². The van der Waals surface area contributed by atoms with Crippen LogP contribution in [0.1, 0.15) is 52.7 Å². The van der Waals surface area contributed by atoms with Crippen LogP contribution in [-0.2, 0) is 5.41 Å². The molecular formula is C21H27F. The molecule has 0 aromatic heterocycles.